The maximum atomic E-state index is 13.3. The molecule has 0 aliphatic carbocycles. The number of thiophene rings is 1. The van der Waals surface area contributed by atoms with Gasteiger partial charge in [0.1, 0.15) is 5.25 Å². The van der Waals surface area contributed by atoms with Crippen LogP contribution in [0, 0.1) is 0 Å². The smallest absolute Gasteiger partial charge is 0.303 e. The second kappa shape index (κ2) is 11.8. The lowest BCUT2D eigenvalue weighted by molar-refractivity contribution is -0.138. The molecule has 4 rings (SSSR count). The molecule has 35 heavy (non-hydrogen) atoms. The molecule has 0 radical (unpaired) electrons. The summed E-state index contributed by atoms with van der Waals surface area (Å²) in [6, 6.07) is 20.6. The minimum absolute atomic E-state index is 0.0902. The van der Waals surface area contributed by atoms with E-state index in [1.54, 1.807) is 23.5 Å². The highest BCUT2D eigenvalue weighted by molar-refractivity contribution is 8.00. The predicted molar refractivity (Wildman–Crippen MR) is 141 cm³/mol. The number of thiazole rings is 1. The summed E-state index contributed by atoms with van der Waals surface area (Å²) in [5, 5.41) is 18.3. The molecule has 2 amide bonds. The van der Waals surface area contributed by atoms with Crippen LogP contribution in [0.5, 0.6) is 0 Å². The molecular weight excluding hydrogens is 502 g/mol. The molecule has 1 atom stereocenters. The van der Waals surface area contributed by atoms with Crippen LogP contribution in [0.3, 0.4) is 0 Å². The molecule has 10 heteroatoms. The van der Waals surface area contributed by atoms with Crippen molar-refractivity contribution in [1.29, 1.82) is 0 Å². The van der Waals surface area contributed by atoms with E-state index in [4.69, 9.17) is 5.11 Å². The number of rotatable bonds is 10. The van der Waals surface area contributed by atoms with Crippen LogP contribution in [0.1, 0.15) is 23.7 Å². The molecule has 1 unspecified atom stereocenters. The van der Waals surface area contributed by atoms with Gasteiger partial charge in [-0.25, -0.2) is 4.98 Å². The topological polar surface area (TPSA) is 108 Å². The molecule has 0 spiro atoms. The first-order valence-corrected chi connectivity index (χ1v) is 13.3. The van der Waals surface area contributed by atoms with Gasteiger partial charge in [0.2, 0.25) is 11.8 Å². The molecule has 3 N–H and O–H groups in total. The highest BCUT2D eigenvalue weighted by atomic mass is 32.2. The summed E-state index contributed by atoms with van der Waals surface area (Å²) < 4.78 is 0. The van der Waals surface area contributed by atoms with Gasteiger partial charge in [-0.3, -0.25) is 14.4 Å². The van der Waals surface area contributed by atoms with Gasteiger partial charge in [-0.1, -0.05) is 36.4 Å². The molecule has 0 aliphatic rings. The van der Waals surface area contributed by atoms with Crippen molar-refractivity contribution in [2.75, 3.05) is 10.6 Å². The molecular formula is C25H21N3O4S3. The molecule has 0 bridgehead atoms. The Balaban J connectivity index is 1.45. The van der Waals surface area contributed by atoms with E-state index in [1.165, 1.54) is 23.1 Å². The first-order chi connectivity index (χ1) is 17.0. The number of nitrogens with zero attached hydrogens (tertiary/aromatic N) is 1. The molecule has 0 aliphatic heterocycles. The number of nitrogens with one attached hydrogen (secondary N) is 2. The number of carboxylic acid groups (broad SMARTS) is 1. The molecule has 2 heterocycles. The maximum Gasteiger partial charge on any atom is 0.303 e. The van der Waals surface area contributed by atoms with Gasteiger partial charge in [0.25, 0.3) is 0 Å². The first-order valence-electron chi connectivity index (χ1n) is 10.6. The number of carbonyl (C=O) groups excluding carboxylic acids is 2. The number of amides is 2. The summed E-state index contributed by atoms with van der Waals surface area (Å²) in [5.74, 6) is -1.56. The zero-order valence-electron chi connectivity index (χ0n) is 18.3. The summed E-state index contributed by atoms with van der Waals surface area (Å²) in [6.45, 7) is 0. The minimum Gasteiger partial charge on any atom is -0.481 e. The average molecular weight is 524 g/mol. The lowest BCUT2D eigenvalue weighted by Crippen LogP contribution is -2.19. The number of hydrogen-bond donors (Lipinski definition) is 3. The third-order valence-electron chi connectivity index (χ3n) is 4.81. The van der Waals surface area contributed by atoms with Crippen LogP contribution >= 0.6 is 34.4 Å². The van der Waals surface area contributed by atoms with E-state index in [0.717, 1.165) is 21.0 Å². The molecule has 7 nitrogen and oxygen atoms in total. The van der Waals surface area contributed by atoms with Crippen molar-refractivity contribution in [2.24, 2.45) is 0 Å². The summed E-state index contributed by atoms with van der Waals surface area (Å²) in [6.07, 6.45) is -0.311. The van der Waals surface area contributed by atoms with E-state index in [0.29, 0.717) is 10.8 Å². The van der Waals surface area contributed by atoms with E-state index in [2.05, 4.69) is 15.6 Å². The lowest BCUT2D eigenvalue weighted by atomic mass is 10.1. The van der Waals surface area contributed by atoms with Gasteiger partial charge in [-0.05, 0) is 41.3 Å². The number of benzene rings is 2. The standard InChI is InChI=1S/C25H21N3O4S3/c29-21(12-13-22(30)31)26-17-8-10-18(11-9-17)35-23(16-5-2-1-3-6-16)24(32)28-25-27-19(15-34-25)20-7-4-14-33-20/h1-11,14-15,23H,12-13H2,(H,26,29)(H,30,31)(H,27,28,32). The number of anilines is 2. The highest BCUT2D eigenvalue weighted by Crippen LogP contribution is 2.37. The maximum absolute atomic E-state index is 13.3. The van der Waals surface area contributed by atoms with E-state index in [1.807, 2.05) is 65.4 Å². The second-order valence-corrected chi connectivity index (χ2v) is 10.4. The Morgan fingerprint density at radius 2 is 1.69 bits per heavy atom. The van der Waals surface area contributed by atoms with E-state index in [9.17, 15) is 14.4 Å². The quantitative estimate of drug-likeness (QED) is 0.215. The molecule has 0 saturated heterocycles. The van der Waals surface area contributed by atoms with Crippen LogP contribution in [-0.2, 0) is 14.4 Å². The van der Waals surface area contributed by atoms with Crippen LogP contribution in [0.2, 0.25) is 0 Å². The Kier molecular flexibility index (Phi) is 8.30. The van der Waals surface area contributed by atoms with Crippen molar-refractivity contribution in [1.82, 2.24) is 4.98 Å². The first kappa shape index (κ1) is 24.6. The summed E-state index contributed by atoms with van der Waals surface area (Å²) in [4.78, 5) is 42.2. The Morgan fingerprint density at radius 1 is 0.914 bits per heavy atom. The van der Waals surface area contributed by atoms with Crippen LogP contribution in [0.25, 0.3) is 10.6 Å². The Labute approximate surface area is 214 Å². The van der Waals surface area contributed by atoms with Gasteiger partial charge in [0.05, 0.1) is 17.0 Å². The molecule has 0 saturated carbocycles. The van der Waals surface area contributed by atoms with Crippen molar-refractivity contribution in [3.8, 4) is 10.6 Å². The summed E-state index contributed by atoms with van der Waals surface area (Å²) >= 11 is 4.37. The largest absolute Gasteiger partial charge is 0.481 e. The van der Waals surface area contributed by atoms with Crippen LogP contribution in [-0.4, -0.2) is 27.9 Å². The van der Waals surface area contributed by atoms with Crippen LogP contribution in [0.4, 0.5) is 10.8 Å². The predicted octanol–water partition coefficient (Wildman–Crippen LogP) is 6.15. The molecule has 2 aromatic heterocycles. The molecule has 0 fully saturated rings. The normalized spacial score (nSPS) is 11.5. The van der Waals surface area contributed by atoms with Gasteiger partial charge in [0.15, 0.2) is 5.13 Å². The zero-order valence-corrected chi connectivity index (χ0v) is 20.8. The van der Waals surface area contributed by atoms with Gasteiger partial charge in [0, 0.05) is 22.4 Å². The molecule has 2 aromatic carbocycles. The Hall–Kier alpha value is -3.47. The fraction of sp³-hybridized carbons (Fsp3) is 0.120. The minimum atomic E-state index is -1.02. The second-order valence-electron chi connectivity index (χ2n) is 7.38. The van der Waals surface area contributed by atoms with E-state index >= 15 is 0 Å². The Bertz CT molecular complexity index is 1290. The number of carbonyl (C=O) groups is 3. The highest BCUT2D eigenvalue weighted by Gasteiger charge is 2.23. The van der Waals surface area contributed by atoms with Gasteiger partial charge < -0.3 is 15.7 Å². The third kappa shape index (κ3) is 7.01. The number of hydrogen-bond acceptors (Lipinski definition) is 7. The van der Waals surface area contributed by atoms with Gasteiger partial charge in [-0.15, -0.1) is 34.4 Å². The fourth-order valence-electron chi connectivity index (χ4n) is 3.14. The van der Waals surface area contributed by atoms with Crippen molar-refractivity contribution in [3.05, 3.63) is 83.1 Å². The molecule has 4 aromatic rings. The third-order valence-corrected chi connectivity index (χ3v) is 7.72. The summed E-state index contributed by atoms with van der Waals surface area (Å²) in [7, 11) is 0. The Morgan fingerprint density at radius 3 is 2.37 bits per heavy atom. The number of aliphatic carboxylic acids is 1. The SMILES string of the molecule is O=C(O)CCC(=O)Nc1ccc(SC(C(=O)Nc2nc(-c3cccs3)cs2)c2ccccc2)cc1. The van der Waals surface area contributed by atoms with Crippen molar-refractivity contribution in [3.63, 3.8) is 0 Å². The monoisotopic (exact) mass is 523 g/mol. The van der Waals surface area contributed by atoms with Crippen LogP contribution in [0.15, 0.2) is 82.4 Å². The van der Waals surface area contributed by atoms with Crippen LogP contribution < -0.4 is 10.6 Å². The average Bonchev–Trinajstić information content (AvgIpc) is 3.55. The summed E-state index contributed by atoms with van der Waals surface area (Å²) in [5.41, 5.74) is 2.26. The zero-order chi connectivity index (χ0) is 24.6. The lowest BCUT2D eigenvalue weighted by Gasteiger charge is -2.16. The number of carboxylic acids is 1. The van der Waals surface area contributed by atoms with Gasteiger partial charge >= 0.3 is 5.97 Å². The number of aromatic nitrogens is 1. The van der Waals surface area contributed by atoms with E-state index < -0.39 is 11.2 Å². The number of thioether (sulfide) groups is 1. The fourth-order valence-corrected chi connectivity index (χ4v) is 5.64. The molecule has 178 valence electrons. The van der Waals surface area contributed by atoms with E-state index in [-0.39, 0.29) is 24.7 Å². The van der Waals surface area contributed by atoms with Crippen molar-refractivity contribution < 1.29 is 19.5 Å². The van der Waals surface area contributed by atoms with Gasteiger partial charge in [-0.2, -0.15) is 0 Å². The van der Waals surface area contributed by atoms with Crippen molar-refractivity contribution in [2.45, 2.75) is 23.0 Å². The van der Waals surface area contributed by atoms with Crippen molar-refractivity contribution >= 4 is 63.0 Å².